The molecule has 1 aliphatic heterocycles. The minimum absolute atomic E-state index is 0.301. The number of thioether (sulfide) groups is 1. The molecule has 4 rings (SSSR count). The van der Waals surface area contributed by atoms with Crippen molar-refractivity contribution >= 4 is 17.5 Å². The van der Waals surface area contributed by atoms with E-state index >= 15 is 0 Å². The fourth-order valence-electron chi connectivity index (χ4n) is 4.50. The van der Waals surface area contributed by atoms with Crippen LogP contribution >= 0.6 is 11.8 Å². The van der Waals surface area contributed by atoms with Crippen molar-refractivity contribution < 1.29 is 9.53 Å². The smallest absolute Gasteiger partial charge is 0.164 e. The quantitative estimate of drug-likeness (QED) is 0.669. The summed E-state index contributed by atoms with van der Waals surface area (Å²) in [6.45, 7) is 1.98. The Hall–Kier alpha value is -1.78. The van der Waals surface area contributed by atoms with E-state index in [4.69, 9.17) is 4.74 Å². The van der Waals surface area contributed by atoms with Gasteiger partial charge in [-0.25, -0.2) is 0 Å². The molecule has 0 aromatic heterocycles. The van der Waals surface area contributed by atoms with Crippen molar-refractivity contribution in [2.45, 2.75) is 49.3 Å². The van der Waals surface area contributed by atoms with Crippen LogP contribution in [0, 0.1) is 0 Å². The van der Waals surface area contributed by atoms with Gasteiger partial charge in [-0.1, -0.05) is 18.2 Å². The number of carbonyl (C=O) groups excluding carboxylic acids is 1. The summed E-state index contributed by atoms with van der Waals surface area (Å²) in [5.41, 5.74) is 5.09. The number of methoxy groups -OCH3 is 1. The highest BCUT2D eigenvalue weighted by molar-refractivity contribution is 7.99. The van der Waals surface area contributed by atoms with Gasteiger partial charge in [0.15, 0.2) is 5.78 Å². The van der Waals surface area contributed by atoms with Crippen LogP contribution < -0.4 is 10.1 Å². The maximum Gasteiger partial charge on any atom is 0.164 e. The van der Waals surface area contributed by atoms with Crippen LogP contribution in [0.5, 0.6) is 5.75 Å². The molecule has 0 saturated heterocycles. The molecule has 2 aromatic carbocycles. The molecule has 0 radical (unpaired) electrons. The zero-order valence-corrected chi connectivity index (χ0v) is 17.4. The second-order valence-corrected chi connectivity index (χ2v) is 8.89. The van der Waals surface area contributed by atoms with Gasteiger partial charge in [-0.05, 0) is 86.0 Å². The van der Waals surface area contributed by atoms with E-state index in [1.54, 1.807) is 18.9 Å². The van der Waals surface area contributed by atoms with Crippen LogP contribution in [-0.2, 0) is 12.8 Å². The fraction of sp³-hybridized carbons (Fsp3) is 0.458. The van der Waals surface area contributed by atoms with Crippen LogP contribution in [0.25, 0.3) is 0 Å². The lowest BCUT2D eigenvalue weighted by Gasteiger charge is -2.27. The van der Waals surface area contributed by atoms with Crippen LogP contribution in [0.15, 0.2) is 41.3 Å². The predicted molar refractivity (Wildman–Crippen MR) is 116 cm³/mol. The highest BCUT2D eigenvalue weighted by Gasteiger charge is 2.22. The number of carbonyl (C=O) groups is 1. The van der Waals surface area contributed by atoms with Gasteiger partial charge < -0.3 is 10.1 Å². The topological polar surface area (TPSA) is 38.3 Å². The molecule has 1 N–H and O–H groups in total. The summed E-state index contributed by atoms with van der Waals surface area (Å²) in [5.74, 6) is 2.90. The van der Waals surface area contributed by atoms with Crippen molar-refractivity contribution in [3.8, 4) is 5.75 Å². The minimum atomic E-state index is 0.301. The Morgan fingerprint density at radius 3 is 3.00 bits per heavy atom. The summed E-state index contributed by atoms with van der Waals surface area (Å²) < 4.78 is 5.56. The monoisotopic (exact) mass is 395 g/mol. The normalized spacial score (nSPS) is 18.5. The van der Waals surface area contributed by atoms with E-state index in [1.807, 2.05) is 0 Å². The van der Waals surface area contributed by atoms with Crippen LogP contribution in [0.2, 0.25) is 0 Å². The summed E-state index contributed by atoms with van der Waals surface area (Å²) in [6, 6.07) is 12.9. The molecule has 0 fully saturated rings. The number of nitrogens with one attached hydrogen (secondary N) is 1. The Morgan fingerprint density at radius 1 is 1.18 bits per heavy atom. The molecule has 0 amide bonds. The van der Waals surface area contributed by atoms with E-state index in [0.29, 0.717) is 18.1 Å². The van der Waals surface area contributed by atoms with E-state index in [1.165, 1.54) is 36.0 Å². The van der Waals surface area contributed by atoms with Gasteiger partial charge in [0.25, 0.3) is 0 Å². The molecule has 1 atom stereocenters. The van der Waals surface area contributed by atoms with Gasteiger partial charge in [-0.3, -0.25) is 4.79 Å². The summed E-state index contributed by atoms with van der Waals surface area (Å²) >= 11 is 1.80. The van der Waals surface area contributed by atoms with Crippen molar-refractivity contribution in [1.29, 1.82) is 0 Å². The summed E-state index contributed by atoms with van der Waals surface area (Å²) in [4.78, 5) is 13.2. The maximum atomic E-state index is 12.1. The first-order valence-electron chi connectivity index (χ1n) is 10.4. The van der Waals surface area contributed by atoms with Crippen molar-refractivity contribution in [3.05, 3.63) is 58.7 Å². The molecule has 1 heterocycles. The Morgan fingerprint density at radius 2 is 2.11 bits per heavy atom. The van der Waals surface area contributed by atoms with Gasteiger partial charge in [0.05, 0.1) is 7.11 Å². The Balaban J connectivity index is 1.27. The van der Waals surface area contributed by atoms with Crippen molar-refractivity contribution in [3.63, 3.8) is 0 Å². The van der Waals surface area contributed by atoms with Crippen molar-refractivity contribution in [2.75, 3.05) is 26.0 Å². The first kappa shape index (κ1) is 19.5. The SMILES string of the molecule is COc1cccc2c1CCCC2CCNCCc1ccc2c(c1)C(=O)CCS2. The molecule has 3 nitrogen and oxygen atoms in total. The number of ketones is 1. The number of hydrogen-bond acceptors (Lipinski definition) is 4. The van der Waals surface area contributed by atoms with Crippen LogP contribution in [0.3, 0.4) is 0 Å². The molecular weight excluding hydrogens is 366 g/mol. The summed E-state index contributed by atoms with van der Waals surface area (Å²) in [5, 5.41) is 3.61. The van der Waals surface area contributed by atoms with Crippen LogP contribution in [0.4, 0.5) is 0 Å². The zero-order chi connectivity index (χ0) is 19.3. The molecule has 2 aliphatic rings. The van der Waals surface area contributed by atoms with Crippen molar-refractivity contribution in [2.24, 2.45) is 0 Å². The van der Waals surface area contributed by atoms with Crippen LogP contribution in [0.1, 0.15) is 58.6 Å². The Bertz CT molecular complexity index is 848. The largest absolute Gasteiger partial charge is 0.496 e. The Kier molecular flexibility index (Phi) is 6.38. The third-order valence-electron chi connectivity index (χ3n) is 6.00. The zero-order valence-electron chi connectivity index (χ0n) is 16.6. The molecule has 28 heavy (non-hydrogen) atoms. The lowest BCUT2D eigenvalue weighted by molar-refractivity contribution is 0.0984. The number of ether oxygens (including phenoxy) is 1. The molecular formula is C24H29NO2S. The highest BCUT2D eigenvalue weighted by atomic mass is 32.2. The lowest BCUT2D eigenvalue weighted by atomic mass is 9.80. The average molecular weight is 396 g/mol. The third kappa shape index (κ3) is 4.28. The number of hydrogen-bond donors (Lipinski definition) is 1. The highest BCUT2D eigenvalue weighted by Crippen LogP contribution is 2.38. The van der Waals surface area contributed by atoms with E-state index in [-0.39, 0.29) is 0 Å². The van der Waals surface area contributed by atoms with E-state index in [2.05, 4.69) is 41.7 Å². The number of rotatable bonds is 7. The molecule has 148 valence electrons. The van der Waals surface area contributed by atoms with Gasteiger partial charge in [-0.15, -0.1) is 11.8 Å². The van der Waals surface area contributed by atoms with Gasteiger partial charge in [0.1, 0.15) is 5.75 Å². The first-order chi connectivity index (χ1) is 13.8. The number of fused-ring (bicyclic) bond motifs is 2. The molecule has 0 bridgehead atoms. The van der Waals surface area contributed by atoms with Gasteiger partial charge in [-0.2, -0.15) is 0 Å². The standard InChI is InChI=1S/C24H29NO2S/c1-27-23-7-3-5-19-18(4-2-6-20(19)23)11-14-25-13-10-17-8-9-24-21(16-17)22(26)12-15-28-24/h3,5,7-9,16,18,25H,2,4,6,10-15H2,1H3. The molecule has 1 aliphatic carbocycles. The molecule has 0 spiro atoms. The number of Topliss-reactive ketones (excluding diaryl/α,β-unsaturated/α-hetero) is 1. The van der Waals surface area contributed by atoms with Gasteiger partial charge in [0.2, 0.25) is 0 Å². The predicted octanol–water partition coefficient (Wildman–Crippen LogP) is 5.02. The van der Waals surface area contributed by atoms with Crippen molar-refractivity contribution in [1.82, 2.24) is 5.32 Å². The summed E-state index contributed by atoms with van der Waals surface area (Å²) in [6.07, 6.45) is 6.47. The average Bonchev–Trinajstić information content (AvgIpc) is 2.73. The summed E-state index contributed by atoms with van der Waals surface area (Å²) in [7, 11) is 1.77. The van der Waals surface area contributed by atoms with E-state index < -0.39 is 0 Å². The second-order valence-electron chi connectivity index (χ2n) is 7.76. The molecule has 1 unspecified atom stereocenters. The molecule has 2 aromatic rings. The van der Waals surface area contributed by atoms with E-state index in [9.17, 15) is 4.79 Å². The second kappa shape index (κ2) is 9.15. The van der Waals surface area contributed by atoms with Crippen LogP contribution in [-0.4, -0.2) is 31.7 Å². The number of benzene rings is 2. The van der Waals surface area contributed by atoms with Gasteiger partial charge in [0, 0.05) is 22.6 Å². The third-order valence-corrected chi connectivity index (χ3v) is 7.07. The van der Waals surface area contributed by atoms with Gasteiger partial charge >= 0.3 is 0 Å². The molecule has 0 saturated carbocycles. The lowest BCUT2D eigenvalue weighted by Crippen LogP contribution is -2.22. The fourth-order valence-corrected chi connectivity index (χ4v) is 5.50. The van der Waals surface area contributed by atoms with E-state index in [0.717, 1.165) is 47.9 Å². The minimum Gasteiger partial charge on any atom is -0.496 e. The Labute approximate surface area is 172 Å². The maximum absolute atomic E-state index is 12.1. The molecule has 4 heteroatoms. The first-order valence-corrected chi connectivity index (χ1v) is 11.4.